The minimum Gasteiger partial charge on any atom is -0.396 e. The van der Waals surface area contributed by atoms with Crippen LogP contribution in [0.25, 0.3) is 0 Å². The number of hydrogen-bond donors (Lipinski definition) is 1. The van der Waals surface area contributed by atoms with E-state index < -0.39 is 0 Å². The van der Waals surface area contributed by atoms with Crippen molar-refractivity contribution in [1.29, 1.82) is 0 Å². The number of piperidine rings is 1. The quantitative estimate of drug-likeness (QED) is 0.768. The van der Waals surface area contributed by atoms with Crippen LogP contribution in [0.1, 0.15) is 49.8 Å². The van der Waals surface area contributed by atoms with Crippen LogP contribution in [0.5, 0.6) is 0 Å². The Morgan fingerprint density at radius 1 is 1.19 bits per heavy atom. The van der Waals surface area contributed by atoms with Crippen molar-refractivity contribution >= 4 is 0 Å². The minimum atomic E-state index is 0.217. The summed E-state index contributed by atoms with van der Waals surface area (Å²) in [4.78, 5) is 2.45. The summed E-state index contributed by atoms with van der Waals surface area (Å²) in [6.07, 6.45) is 5.78. The summed E-state index contributed by atoms with van der Waals surface area (Å²) in [5, 5.41) is 17.4. The maximum Gasteiger partial charge on any atom is 0.147 e. The van der Waals surface area contributed by atoms with Gasteiger partial charge in [0, 0.05) is 32.3 Å². The van der Waals surface area contributed by atoms with E-state index in [4.69, 9.17) is 9.84 Å². The zero-order valence-corrected chi connectivity index (χ0v) is 12.9. The molecule has 2 fully saturated rings. The Balaban J connectivity index is 1.47. The van der Waals surface area contributed by atoms with E-state index in [0.29, 0.717) is 18.8 Å². The Morgan fingerprint density at radius 2 is 1.95 bits per heavy atom. The van der Waals surface area contributed by atoms with Crippen molar-refractivity contribution in [2.75, 3.05) is 26.3 Å². The van der Waals surface area contributed by atoms with Gasteiger partial charge in [0.2, 0.25) is 0 Å². The molecule has 2 heterocycles. The first-order valence-corrected chi connectivity index (χ1v) is 8.13. The molecule has 0 spiro atoms. The van der Waals surface area contributed by atoms with Gasteiger partial charge in [-0.05, 0) is 39.0 Å². The third-order valence-electron chi connectivity index (χ3n) is 4.40. The average Bonchev–Trinajstić information content (AvgIpc) is 3.26. The topological polar surface area (TPSA) is 63.4 Å². The molecule has 0 unspecified atom stereocenters. The highest BCUT2D eigenvalue weighted by atomic mass is 16.5. The largest absolute Gasteiger partial charge is 0.396 e. The van der Waals surface area contributed by atoms with Crippen molar-refractivity contribution in [3.05, 3.63) is 11.6 Å². The number of aliphatic hydroxyl groups excluding tert-OH is 1. The van der Waals surface area contributed by atoms with Crippen LogP contribution in [0.15, 0.2) is 0 Å². The Hall–Kier alpha value is -0.980. The van der Waals surface area contributed by atoms with Crippen molar-refractivity contribution in [3.63, 3.8) is 0 Å². The molecule has 2 aliphatic rings. The summed E-state index contributed by atoms with van der Waals surface area (Å²) in [6.45, 7) is 5.96. The maximum absolute atomic E-state index is 8.78. The van der Waals surface area contributed by atoms with Crippen molar-refractivity contribution in [2.45, 2.75) is 57.7 Å². The summed E-state index contributed by atoms with van der Waals surface area (Å²) in [6, 6.07) is 0.648. The lowest BCUT2D eigenvalue weighted by Crippen LogP contribution is -2.37. The van der Waals surface area contributed by atoms with Gasteiger partial charge in [-0.15, -0.1) is 10.2 Å². The van der Waals surface area contributed by atoms with Gasteiger partial charge in [-0.2, -0.15) is 0 Å². The van der Waals surface area contributed by atoms with Crippen LogP contribution in [0, 0.1) is 6.92 Å². The Labute approximate surface area is 126 Å². The molecule has 1 aromatic rings. The monoisotopic (exact) mass is 294 g/mol. The fourth-order valence-corrected chi connectivity index (χ4v) is 3.08. The molecule has 1 aliphatic carbocycles. The second-order valence-corrected chi connectivity index (χ2v) is 6.19. The molecular weight excluding hydrogens is 268 g/mol. The Bertz CT molecular complexity index is 451. The van der Waals surface area contributed by atoms with Gasteiger partial charge < -0.3 is 14.4 Å². The molecular formula is C15H26N4O2. The summed E-state index contributed by atoms with van der Waals surface area (Å²) < 4.78 is 8.10. The van der Waals surface area contributed by atoms with Gasteiger partial charge in [0.05, 0.1) is 12.6 Å². The number of ether oxygens (including phenoxy) is 1. The molecule has 118 valence electrons. The molecule has 1 N–H and O–H groups in total. The summed E-state index contributed by atoms with van der Waals surface area (Å²) in [5.41, 5.74) is 0. The SMILES string of the molecule is Cc1nnc(CN2CCC(OCCCO)CC2)n1C1CC1. The Morgan fingerprint density at radius 3 is 2.62 bits per heavy atom. The van der Waals surface area contributed by atoms with Crippen LogP contribution in [-0.2, 0) is 11.3 Å². The van der Waals surface area contributed by atoms with Crippen molar-refractivity contribution in [1.82, 2.24) is 19.7 Å². The van der Waals surface area contributed by atoms with Crippen molar-refractivity contribution in [2.24, 2.45) is 0 Å². The highest BCUT2D eigenvalue weighted by molar-refractivity contribution is 5.01. The standard InChI is InChI=1S/C15H26N4O2/c1-12-16-17-15(19(12)13-3-4-13)11-18-7-5-14(6-8-18)21-10-2-9-20/h13-14,20H,2-11H2,1H3. The number of aromatic nitrogens is 3. The third-order valence-corrected chi connectivity index (χ3v) is 4.40. The van der Waals surface area contributed by atoms with Gasteiger partial charge in [-0.25, -0.2) is 0 Å². The maximum atomic E-state index is 8.78. The number of likely N-dealkylation sites (tertiary alicyclic amines) is 1. The number of rotatable bonds is 7. The van der Waals surface area contributed by atoms with E-state index in [1.807, 2.05) is 0 Å². The molecule has 6 heteroatoms. The van der Waals surface area contributed by atoms with Crippen LogP contribution >= 0.6 is 0 Å². The second kappa shape index (κ2) is 6.85. The molecule has 0 atom stereocenters. The van der Waals surface area contributed by atoms with E-state index >= 15 is 0 Å². The van der Waals surface area contributed by atoms with Crippen LogP contribution < -0.4 is 0 Å². The Kier molecular flexibility index (Phi) is 4.87. The fourth-order valence-electron chi connectivity index (χ4n) is 3.08. The highest BCUT2D eigenvalue weighted by Crippen LogP contribution is 2.36. The number of nitrogens with zero attached hydrogens (tertiary/aromatic N) is 4. The van der Waals surface area contributed by atoms with Gasteiger partial charge in [0.1, 0.15) is 11.6 Å². The smallest absolute Gasteiger partial charge is 0.147 e. The fraction of sp³-hybridized carbons (Fsp3) is 0.867. The first-order chi connectivity index (χ1) is 10.3. The number of aliphatic hydroxyl groups is 1. The lowest BCUT2D eigenvalue weighted by Gasteiger charge is -2.31. The van der Waals surface area contributed by atoms with Gasteiger partial charge >= 0.3 is 0 Å². The van der Waals surface area contributed by atoms with Crippen LogP contribution in [-0.4, -0.2) is 57.2 Å². The van der Waals surface area contributed by atoms with Crippen molar-refractivity contribution in [3.8, 4) is 0 Å². The molecule has 0 amide bonds. The van der Waals surface area contributed by atoms with E-state index in [1.165, 1.54) is 12.8 Å². The summed E-state index contributed by atoms with van der Waals surface area (Å²) >= 11 is 0. The molecule has 0 aromatic carbocycles. The highest BCUT2D eigenvalue weighted by Gasteiger charge is 2.29. The number of hydrogen-bond acceptors (Lipinski definition) is 5. The molecule has 1 saturated heterocycles. The van der Waals surface area contributed by atoms with Crippen LogP contribution in [0.3, 0.4) is 0 Å². The predicted octanol–water partition coefficient (Wildman–Crippen LogP) is 1.28. The third kappa shape index (κ3) is 3.81. The first-order valence-electron chi connectivity index (χ1n) is 8.13. The molecule has 1 saturated carbocycles. The molecule has 1 aliphatic heterocycles. The molecule has 0 bridgehead atoms. The van der Waals surface area contributed by atoms with E-state index in [0.717, 1.165) is 50.5 Å². The normalized spacial score (nSPS) is 21.0. The molecule has 0 radical (unpaired) electrons. The van der Waals surface area contributed by atoms with Gasteiger partial charge in [-0.1, -0.05) is 0 Å². The molecule has 6 nitrogen and oxygen atoms in total. The lowest BCUT2D eigenvalue weighted by atomic mass is 10.1. The zero-order valence-electron chi connectivity index (χ0n) is 12.9. The lowest BCUT2D eigenvalue weighted by molar-refractivity contribution is 0.000149. The first kappa shape index (κ1) is 14.9. The van der Waals surface area contributed by atoms with E-state index in [1.54, 1.807) is 0 Å². The van der Waals surface area contributed by atoms with E-state index in [2.05, 4.69) is 26.6 Å². The van der Waals surface area contributed by atoms with Crippen LogP contribution in [0.2, 0.25) is 0 Å². The minimum absolute atomic E-state index is 0.217. The summed E-state index contributed by atoms with van der Waals surface area (Å²) in [5.74, 6) is 2.17. The average molecular weight is 294 g/mol. The van der Waals surface area contributed by atoms with Crippen LogP contribution in [0.4, 0.5) is 0 Å². The zero-order chi connectivity index (χ0) is 14.7. The van der Waals surface area contributed by atoms with Gasteiger partial charge in [-0.3, -0.25) is 4.90 Å². The van der Waals surface area contributed by atoms with Gasteiger partial charge in [0.25, 0.3) is 0 Å². The molecule has 21 heavy (non-hydrogen) atoms. The predicted molar refractivity (Wildman–Crippen MR) is 79.0 cm³/mol. The second-order valence-electron chi connectivity index (χ2n) is 6.19. The van der Waals surface area contributed by atoms with E-state index in [-0.39, 0.29) is 6.61 Å². The van der Waals surface area contributed by atoms with Gasteiger partial charge in [0.15, 0.2) is 0 Å². The summed E-state index contributed by atoms with van der Waals surface area (Å²) in [7, 11) is 0. The van der Waals surface area contributed by atoms with Crippen molar-refractivity contribution < 1.29 is 9.84 Å². The number of aryl methyl sites for hydroxylation is 1. The molecule has 3 rings (SSSR count). The molecule has 1 aromatic heterocycles. The van der Waals surface area contributed by atoms with E-state index in [9.17, 15) is 0 Å².